The van der Waals surface area contributed by atoms with Crippen molar-refractivity contribution < 1.29 is 17.7 Å². The second kappa shape index (κ2) is 6.60. The number of alkyl halides is 3. The van der Waals surface area contributed by atoms with Gasteiger partial charge in [0.15, 0.2) is 0 Å². The van der Waals surface area contributed by atoms with Crippen LogP contribution in [0.15, 0.2) is 22.9 Å². The van der Waals surface area contributed by atoms with Gasteiger partial charge in [-0.3, -0.25) is 4.90 Å². The summed E-state index contributed by atoms with van der Waals surface area (Å²) in [6, 6.07) is 2.81. The van der Waals surface area contributed by atoms with Crippen LogP contribution in [0.5, 0.6) is 0 Å². The van der Waals surface area contributed by atoms with Crippen LogP contribution < -0.4 is 4.90 Å². The molecule has 0 amide bonds. The second-order valence-corrected chi connectivity index (χ2v) is 6.13. The van der Waals surface area contributed by atoms with Crippen molar-refractivity contribution in [1.29, 1.82) is 0 Å². The molecule has 130 valence electrons. The van der Waals surface area contributed by atoms with Crippen LogP contribution in [0.4, 0.5) is 19.0 Å². The first-order chi connectivity index (χ1) is 11.3. The normalized spacial score (nSPS) is 16.6. The highest BCUT2D eigenvalue weighted by Crippen LogP contribution is 2.33. The third kappa shape index (κ3) is 3.81. The average Bonchev–Trinajstić information content (AvgIpc) is 2.92. The fraction of sp³-hybridized carbons (Fsp3) is 0.467. The molecule has 0 unspecified atom stereocenters. The Morgan fingerprint density at radius 1 is 1.21 bits per heavy atom. The minimum Gasteiger partial charge on any atom is -0.361 e. The molecular formula is C15H16ClF3N4O. The molecule has 1 fully saturated rings. The minimum absolute atomic E-state index is 0.0189. The van der Waals surface area contributed by atoms with Crippen LogP contribution in [0.25, 0.3) is 0 Å². The summed E-state index contributed by atoms with van der Waals surface area (Å²) in [6.45, 7) is 5.27. The lowest BCUT2D eigenvalue weighted by Gasteiger charge is -2.35. The van der Waals surface area contributed by atoms with E-state index >= 15 is 0 Å². The molecule has 3 rings (SSSR count). The van der Waals surface area contributed by atoms with Crippen LogP contribution >= 0.6 is 11.6 Å². The molecule has 0 atom stereocenters. The Bertz CT molecular complexity index is 711. The summed E-state index contributed by atoms with van der Waals surface area (Å²) in [6.07, 6.45) is -3.62. The lowest BCUT2D eigenvalue weighted by atomic mass is 10.2. The number of hydrogen-bond donors (Lipinski definition) is 0. The number of aromatic nitrogens is 2. The van der Waals surface area contributed by atoms with E-state index in [0.717, 1.165) is 36.8 Å². The first-order valence-electron chi connectivity index (χ1n) is 7.45. The Morgan fingerprint density at radius 3 is 2.46 bits per heavy atom. The average molecular weight is 361 g/mol. The van der Waals surface area contributed by atoms with Crippen LogP contribution in [0.2, 0.25) is 5.02 Å². The van der Waals surface area contributed by atoms with Gasteiger partial charge in [-0.2, -0.15) is 13.2 Å². The maximum absolute atomic E-state index is 12.7. The molecule has 24 heavy (non-hydrogen) atoms. The van der Waals surface area contributed by atoms with Gasteiger partial charge in [0.05, 0.1) is 16.3 Å². The summed E-state index contributed by atoms with van der Waals surface area (Å²) in [5.74, 6) is 1.16. The minimum atomic E-state index is -4.44. The fourth-order valence-corrected chi connectivity index (χ4v) is 2.94. The zero-order valence-electron chi connectivity index (χ0n) is 13.0. The third-order valence-electron chi connectivity index (χ3n) is 3.88. The Kier molecular flexibility index (Phi) is 4.69. The van der Waals surface area contributed by atoms with Gasteiger partial charge in [-0.15, -0.1) is 0 Å². The summed E-state index contributed by atoms with van der Waals surface area (Å²) in [5, 5.41) is 3.98. The van der Waals surface area contributed by atoms with Crippen molar-refractivity contribution in [2.75, 3.05) is 31.1 Å². The number of aryl methyl sites for hydroxylation is 1. The van der Waals surface area contributed by atoms with Gasteiger partial charge in [0.25, 0.3) is 0 Å². The number of rotatable bonds is 3. The van der Waals surface area contributed by atoms with E-state index in [0.29, 0.717) is 25.5 Å². The monoisotopic (exact) mass is 360 g/mol. The van der Waals surface area contributed by atoms with Crippen LogP contribution in [-0.2, 0) is 12.7 Å². The molecule has 9 heteroatoms. The maximum Gasteiger partial charge on any atom is 0.417 e. The summed E-state index contributed by atoms with van der Waals surface area (Å²) < 4.78 is 43.1. The third-order valence-corrected chi connectivity index (χ3v) is 4.16. The van der Waals surface area contributed by atoms with E-state index in [4.69, 9.17) is 16.1 Å². The van der Waals surface area contributed by atoms with Crippen LogP contribution in [-0.4, -0.2) is 41.2 Å². The molecule has 0 saturated carbocycles. The van der Waals surface area contributed by atoms with E-state index in [1.807, 2.05) is 17.9 Å². The Morgan fingerprint density at radius 2 is 1.92 bits per heavy atom. The summed E-state index contributed by atoms with van der Waals surface area (Å²) >= 11 is 6.00. The summed E-state index contributed by atoms with van der Waals surface area (Å²) in [7, 11) is 0. The van der Waals surface area contributed by atoms with Crippen molar-refractivity contribution in [3.63, 3.8) is 0 Å². The molecule has 0 spiro atoms. The molecule has 2 aromatic heterocycles. The van der Waals surface area contributed by atoms with Crippen LogP contribution in [0, 0.1) is 6.92 Å². The highest BCUT2D eigenvalue weighted by atomic mass is 35.5. The molecule has 1 saturated heterocycles. The van der Waals surface area contributed by atoms with Crippen molar-refractivity contribution >= 4 is 17.4 Å². The molecule has 1 aliphatic rings. The molecule has 3 heterocycles. The molecular weight excluding hydrogens is 345 g/mol. The predicted molar refractivity (Wildman–Crippen MR) is 83.0 cm³/mol. The standard InChI is InChI=1S/C15H16ClF3N4O/c1-10-6-12(21-24-10)9-22-2-4-23(5-3-22)14-13(16)7-11(8-20-14)15(17,18)19/h6-8H,2-5,9H2,1H3. The van der Waals surface area contributed by atoms with Crippen molar-refractivity contribution in [3.05, 3.63) is 40.4 Å². The number of pyridine rings is 1. The molecule has 0 aromatic carbocycles. The first-order valence-corrected chi connectivity index (χ1v) is 7.83. The topological polar surface area (TPSA) is 45.4 Å². The second-order valence-electron chi connectivity index (χ2n) is 5.72. The van der Waals surface area contributed by atoms with Crippen LogP contribution in [0.3, 0.4) is 0 Å². The lowest BCUT2D eigenvalue weighted by Crippen LogP contribution is -2.46. The summed E-state index contributed by atoms with van der Waals surface area (Å²) in [4.78, 5) is 8.00. The van der Waals surface area contributed by atoms with Gasteiger partial charge >= 0.3 is 6.18 Å². The highest BCUT2D eigenvalue weighted by Gasteiger charge is 2.32. The van der Waals surface area contributed by atoms with Gasteiger partial charge < -0.3 is 9.42 Å². The zero-order chi connectivity index (χ0) is 17.3. The number of piperazine rings is 1. The van der Waals surface area contributed by atoms with Gasteiger partial charge in [0.2, 0.25) is 0 Å². The summed E-state index contributed by atoms with van der Waals surface area (Å²) in [5.41, 5.74) is 0.0305. The number of anilines is 1. The number of nitrogens with zero attached hydrogens (tertiary/aromatic N) is 4. The van der Waals surface area contributed by atoms with Crippen molar-refractivity contribution in [2.24, 2.45) is 0 Å². The van der Waals surface area contributed by atoms with Gasteiger partial charge in [-0.25, -0.2) is 4.98 Å². The first kappa shape index (κ1) is 17.0. The molecule has 5 nitrogen and oxygen atoms in total. The van der Waals surface area contributed by atoms with E-state index in [-0.39, 0.29) is 5.02 Å². The quantitative estimate of drug-likeness (QED) is 0.839. The smallest absolute Gasteiger partial charge is 0.361 e. The molecule has 1 aliphatic heterocycles. The van der Waals surface area contributed by atoms with E-state index in [2.05, 4.69) is 15.0 Å². The maximum atomic E-state index is 12.7. The van der Waals surface area contributed by atoms with Crippen molar-refractivity contribution in [3.8, 4) is 0 Å². The lowest BCUT2D eigenvalue weighted by molar-refractivity contribution is -0.137. The Hall–Kier alpha value is -1.80. The van der Waals surface area contributed by atoms with E-state index in [1.54, 1.807) is 0 Å². The Balaban J connectivity index is 1.62. The Labute approximate surface area is 142 Å². The van der Waals surface area contributed by atoms with E-state index in [9.17, 15) is 13.2 Å². The van der Waals surface area contributed by atoms with Gasteiger partial charge in [-0.05, 0) is 13.0 Å². The predicted octanol–water partition coefficient (Wildman–Crippen LogP) is 3.37. The molecule has 2 aromatic rings. The SMILES string of the molecule is Cc1cc(CN2CCN(c3ncc(C(F)(F)F)cc3Cl)CC2)no1. The van der Waals surface area contributed by atoms with Crippen molar-refractivity contribution in [2.45, 2.75) is 19.6 Å². The highest BCUT2D eigenvalue weighted by molar-refractivity contribution is 6.33. The zero-order valence-corrected chi connectivity index (χ0v) is 13.7. The van der Waals surface area contributed by atoms with Gasteiger partial charge in [-0.1, -0.05) is 16.8 Å². The van der Waals surface area contributed by atoms with E-state index < -0.39 is 11.7 Å². The molecule has 0 bridgehead atoms. The molecule has 0 N–H and O–H groups in total. The number of halogens is 4. The van der Waals surface area contributed by atoms with Crippen LogP contribution in [0.1, 0.15) is 17.0 Å². The molecule has 0 aliphatic carbocycles. The largest absolute Gasteiger partial charge is 0.417 e. The fourth-order valence-electron chi connectivity index (χ4n) is 2.66. The number of hydrogen-bond acceptors (Lipinski definition) is 5. The molecule has 0 radical (unpaired) electrons. The van der Waals surface area contributed by atoms with Gasteiger partial charge in [0, 0.05) is 45.0 Å². The van der Waals surface area contributed by atoms with E-state index in [1.165, 1.54) is 0 Å². The van der Waals surface area contributed by atoms with Gasteiger partial charge in [0.1, 0.15) is 11.6 Å². The van der Waals surface area contributed by atoms with Crippen molar-refractivity contribution in [1.82, 2.24) is 15.0 Å².